The van der Waals surface area contributed by atoms with Crippen LogP contribution in [0.3, 0.4) is 0 Å². The molecule has 3 atom stereocenters. The maximum atomic E-state index is 12.2. The summed E-state index contributed by atoms with van der Waals surface area (Å²) in [6, 6.07) is 6.10. The van der Waals surface area contributed by atoms with Gasteiger partial charge in [0.25, 0.3) is 6.09 Å². The molecule has 1 aromatic carbocycles. The molecule has 1 aromatic heterocycles. The standard InChI is InChI=1S/C21H27N3O4/c1-14-7-5-8-17(15(14)2)16(3)18-22-10-11-23(18)13-24(20(27)28)12-6-9-21(24,4)19(25)26/h5,7-8,10-11,16H,6,9,12-13H2,1-4H3,(H-,25,26,27,28)/t16?,21-,24?/m0/s1. The number of quaternary nitrogens is 1. The number of hydrogen-bond acceptors (Lipinski definition) is 4. The SMILES string of the molecule is Cc1cccc(C(C)c2nccn2C[N+]2(C(=O)[O-])CCC[C@@]2(C)C(=O)O)c1C. The lowest BCUT2D eigenvalue weighted by atomic mass is 9.93. The first-order chi connectivity index (χ1) is 13.1. The lowest BCUT2D eigenvalue weighted by Crippen LogP contribution is -2.69. The molecule has 1 fully saturated rings. The molecule has 7 heteroatoms. The summed E-state index contributed by atoms with van der Waals surface area (Å²) in [5, 5.41) is 22.0. The molecule has 1 N–H and O–H groups in total. The van der Waals surface area contributed by atoms with Gasteiger partial charge in [0.1, 0.15) is 5.82 Å². The highest BCUT2D eigenvalue weighted by molar-refractivity contribution is 5.79. The van der Waals surface area contributed by atoms with Crippen molar-refractivity contribution in [3.05, 3.63) is 53.1 Å². The van der Waals surface area contributed by atoms with E-state index in [4.69, 9.17) is 0 Å². The Morgan fingerprint density at radius 2 is 2.11 bits per heavy atom. The topological polar surface area (TPSA) is 95.3 Å². The number of aliphatic carboxylic acids is 1. The predicted octanol–water partition coefficient (Wildman–Crippen LogP) is 2.41. The van der Waals surface area contributed by atoms with Gasteiger partial charge in [-0.1, -0.05) is 25.1 Å². The van der Waals surface area contributed by atoms with E-state index in [9.17, 15) is 19.8 Å². The van der Waals surface area contributed by atoms with Gasteiger partial charge >= 0.3 is 5.97 Å². The van der Waals surface area contributed by atoms with Crippen molar-refractivity contribution >= 4 is 12.1 Å². The smallest absolute Gasteiger partial charge is 0.365 e. The molecule has 150 valence electrons. The molecule has 7 nitrogen and oxygen atoms in total. The van der Waals surface area contributed by atoms with E-state index in [-0.39, 0.29) is 19.1 Å². The molecule has 3 rings (SSSR count). The van der Waals surface area contributed by atoms with Crippen molar-refractivity contribution in [2.75, 3.05) is 6.54 Å². The molecule has 0 bridgehead atoms. The molecule has 1 aliphatic heterocycles. The van der Waals surface area contributed by atoms with Gasteiger partial charge in [-0.2, -0.15) is 0 Å². The number of hydrogen-bond donors (Lipinski definition) is 1. The molecule has 1 amide bonds. The van der Waals surface area contributed by atoms with E-state index < -0.39 is 22.1 Å². The van der Waals surface area contributed by atoms with Crippen molar-refractivity contribution in [1.82, 2.24) is 9.55 Å². The summed E-state index contributed by atoms with van der Waals surface area (Å²) in [7, 11) is 0. The number of imidazole rings is 1. The minimum absolute atomic E-state index is 0.0182. The minimum atomic E-state index is -1.43. The van der Waals surface area contributed by atoms with E-state index >= 15 is 0 Å². The van der Waals surface area contributed by atoms with E-state index in [0.29, 0.717) is 18.7 Å². The Hall–Kier alpha value is -2.67. The fourth-order valence-electron chi connectivity index (χ4n) is 4.48. The third-order valence-corrected chi connectivity index (χ3v) is 6.60. The number of amides is 1. The summed E-state index contributed by atoms with van der Waals surface area (Å²) in [6.45, 7) is 7.85. The number of nitrogens with zero attached hydrogens (tertiary/aromatic N) is 3. The molecular formula is C21H27N3O4. The number of carboxylic acid groups (broad SMARTS) is 2. The van der Waals surface area contributed by atoms with Crippen LogP contribution in [0.2, 0.25) is 0 Å². The van der Waals surface area contributed by atoms with Gasteiger partial charge in [-0.3, -0.25) is 4.57 Å². The minimum Gasteiger partial charge on any atom is -0.498 e. The number of carboxylic acids is 1. The molecule has 1 saturated heterocycles. The number of carbonyl (C=O) groups excluding carboxylic acids is 1. The monoisotopic (exact) mass is 385 g/mol. The second-order valence-electron chi connectivity index (χ2n) is 8.05. The van der Waals surface area contributed by atoms with E-state index in [1.165, 1.54) is 18.1 Å². The third kappa shape index (κ3) is 2.90. The van der Waals surface area contributed by atoms with Crippen LogP contribution in [-0.2, 0) is 11.5 Å². The molecule has 0 aliphatic carbocycles. The van der Waals surface area contributed by atoms with E-state index in [1.54, 1.807) is 17.0 Å². The van der Waals surface area contributed by atoms with Gasteiger partial charge in [-0.25, -0.2) is 14.3 Å². The molecule has 2 heterocycles. The Morgan fingerprint density at radius 3 is 2.75 bits per heavy atom. The van der Waals surface area contributed by atoms with Crippen LogP contribution in [0.1, 0.15) is 55.1 Å². The first-order valence-corrected chi connectivity index (χ1v) is 9.53. The average molecular weight is 385 g/mol. The van der Waals surface area contributed by atoms with E-state index in [1.807, 2.05) is 19.1 Å². The largest absolute Gasteiger partial charge is 0.498 e. The maximum Gasteiger partial charge on any atom is 0.365 e. The zero-order chi connectivity index (χ0) is 20.7. The van der Waals surface area contributed by atoms with Gasteiger partial charge in [0.05, 0.1) is 6.54 Å². The number of benzene rings is 1. The average Bonchev–Trinajstić information content (AvgIpc) is 3.23. The molecule has 0 radical (unpaired) electrons. The fraction of sp³-hybridized carbons (Fsp3) is 0.476. The molecule has 28 heavy (non-hydrogen) atoms. The zero-order valence-electron chi connectivity index (χ0n) is 16.8. The Morgan fingerprint density at radius 1 is 1.39 bits per heavy atom. The van der Waals surface area contributed by atoms with Crippen LogP contribution < -0.4 is 5.11 Å². The van der Waals surface area contributed by atoms with Crippen molar-refractivity contribution in [3.8, 4) is 0 Å². The summed E-state index contributed by atoms with van der Waals surface area (Å²) in [5.74, 6) is -0.457. The first-order valence-electron chi connectivity index (χ1n) is 9.53. The summed E-state index contributed by atoms with van der Waals surface area (Å²) in [5.41, 5.74) is 2.04. The van der Waals surface area contributed by atoms with Crippen LogP contribution in [-0.4, -0.2) is 43.3 Å². The molecule has 2 aromatic rings. The lowest BCUT2D eigenvalue weighted by molar-refractivity contribution is -0.922. The van der Waals surface area contributed by atoms with Crippen LogP contribution in [0.5, 0.6) is 0 Å². The quantitative estimate of drug-likeness (QED) is 0.798. The summed E-state index contributed by atoms with van der Waals surface area (Å²) >= 11 is 0. The van der Waals surface area contributed by atoms with Gasteiger partial charge in [0.2, 0.25) is 5.54 Å². The number of likely N-dealkylation sites (tertiary alicyclic amines) is 1. The van der Waals surface area contributed by atoms with Gasteiger partial charge in [-0.15, -0.1) is 0 Å². The van der Waals surface area contributed by atoms with E-state index in [2.05, 4.69) is 24.9 Å². The van der Waals surface area contributed by atoms with Crippen molar-refractivity contribution in [3.63, 3.8) is 0 Å². The van der Waals surface area contributed by atoms with Crippen molar-refractivity contribution in [2.45, 2.75) is 58.7 Å². The van der Waals surface area contributed by atoms with Gasteiger partial charge in [-0.05, 0) is 30.5 Å². The second kappa shape index (κ2) is 7.05. The van der Waals surface area contributed by atoms with Crippen molar-refractivity contribution in [1.29, 1.82) is 0 Å². The van der Waals surface area contributed by atoms with Crippen LogP contribution in [0, 0.1) is 13.8 Å². The molecule has 1 aliphatic rings. The molecule has 2 unspecified atom stereocenters. The van der Waals surface area contributed by atoms with Crippen LogP contribution in [0.15, 0.2) is 30.6 Å². The molecule has 0 spiro atoms. The van der Waals surface area contributed by atoms with Gasteiger partial charge in [0.15, 0.2) is 6.67 Å². The molecular weight excluding hydrogens is 358 g/mol. The highest BCUT2D eigenvalue weighted by Crippen LogP contribution is 2.39. The van der Waals surface area contributed by atoms with E-state index in [0.717, 1.165) is 5.56 Å². The van der Waals surface area contributed by atoms with Crippen LogP contribution >= 0.6 is 0 Å². The Balaban J connectivity index is 2.03. The highest BCUT2D eigenvalue weighted by atomic mass is 16.4. The maximum absolute atomic E-state index is 12.2. The number of rotatable bonds is 5. The van der Waals surface area contributed by atoms with Crippen molar-refractivity contribution < 1.29 is 24.3 Å². The predicted molar refractivity (Wildman–Crippen MR) is 101 cm³/mol. The first kappa shape index (κ1) is 20.1. The highest BCUT2D eigenvalue weighted by Gasteiger charge is 2.59. The van der Waals surface area contributed by atoms with Gasteiger partial charge in [0, 0.05) is 38.1 Å². The normalized spacial score (nSPS) is 25.6. The Kier molecular flexibility index (Phi) is 5.06. The summed E-state index contributed by atoms with van der Waals surface area (Å²) in [6.07, 6.45) is 2.82. The van der Waals surface area contributed by atoms with Gasteiger partial charge < -0.3 is 15.0 Å². The lowest BCUT2D eigenvalue weighted by Gasteiger charge is -2.44. The number of aromatic nitrogens is 2. The number of carbonyl (C=O) groups is 2. The molecule has 0 saturated carbocycles. The van der Waals surface area contributed by atoms with Crippen LogP contribution in [0.25, 0.3) is 0 Å². The summed E-state index contributed by atoms with van der Waals surface area (Å²) < 4.78 is 1.14. The number of aryl methyl sites for hydroxylation is 1. The van der Waals surface area contributed by atoms with Crippen molar-refractivity contribution in [2.24, 2.45) is 0 Å². The fourth-order valence-corrected chi connectivity index (χ4v) is 4.48. The Bertz CT molecular complexity index is 922. The third-order valence-electron chi connectivity index (χ3n) is 6.60. The Labute approximate surface area is 164 Å². The zero-order valence-corrected chi connectivity index (χ0v) is 16.8. The second-order valence-corrected chi connectivity index (χ2v) is 8.05. The van der Waals surface area contributed by atoms with Crippen LogP contribution in [0.4, 0.5) is 4.79 Å². The summed E-state index contributed by atoms with van der Waals surface area (Å²) in [4.78, 5) is 28.6.